The van der Waals surface area contributed by atoms with Crippen LogP contribution in [0.15, 0.2) is 78.2 Å². The van der Waals surface area contributed by atoms with Gasteiger partial charge in [0.25, 0.3) is 8.32 Å². The van der Waals surface area contributed by atoms with E-state index >= 15 is 0 Å². The molecule has 2 aromatic heterocycles. The van der Waals surface area contributed by atoms with Gasteiger partial charge in [-0.2, -0.15) is 5.10 Å². The Hall–Kier alpha value is -2.48. The van der Waals surface area contributed by atoms with E-state index in [2.05, 4.69) is 96.5 Å². The van der Waals surface area contributed by atoms with E-state index in [0.717, 1.165) is 22.8 Å². The maximum Gasteiger partial charge on any atom is 0.261 e. The summed E-state index contributed by atoms with van der Waals surface area (Å²) in [4.78, 5) is 8.86. The Morgan fingerprint density at radius 3 is 2.10 bits per heavy atom. The van der Waals surface area contributed by atoms with Crippen LogP contribution in [0.1, 0.15) is 26.5 Å². The number of thioether (sulfide) groups is 1. The van der Waals surface area contributed by atoms with Gasteiger partial charge in [-0.3, -0.25) is 0 Å². The van der Waals surface area contributed by atoms with Crippen LogP contribution in [0.2, 0.25) is 5.04 Å². The molecule has 31 heavy (non-hydrogen) atoms. The van der Waals surface area contributed by atoms with Gasteiger partial charge in [0.15, 0.2) is 5.65 Å². The summed E-state index contributed by atoms with van der Waals surface area (Å²) in [5.41, 5.74) is 1.83. The first-order valence-corrected chi connectivity index (χ1v) is 13.6. The highest BCUT2D eigenvalue weighted by Crippen LogP contribution is 2.36. The quantitative estimate of drug-likeness (QED) is 0.316. The molecule has 0 bridgehead atoms. The van der Waals surface area contributed by atoms with Crippen molar-refractivity contribution in [2.45, 2.75) is 37.3 Å². The summed E-state index contributed by atoms with van der Waals surface area (Å²) in [5, 5.41) is 7.84. The number of aromatic nitrogens is 4. The minimum atomic E-state index is -2.53. The Kier molecular flexibility index (Phi) is 6.27. The van der Waals surface area contributed by atoms with Crippen LogP contribution >= 0.6 is 11.8 Å². The second-order valence-electron chi connectivity index (χ2n) is 8.52. The van der Waals surface area contributed by atoms with Gasteiger partial charge in [0, 0.05) is 13.0 Å². The third kappa shape index (κ3) is 4.05. The summed E-state index contributed by atoms with van der Waals surface area (Å²) < 4.78 is 8.88. The first-order valence-electron chi connectivity index (χ1n) is 10.4. The predicted octanol–water partition coefficient (Wildman–Crippen LogP) is 3.97. The highest BCUT2D eigenvalue weighted by atomic mass is 32.2. The minimum Gasteiger partial charge on any atom is -0.407 e. The fourth-order valence-corrected chi connectivity index (χ4v) is 9.27. The molecular formula is C24H28N4OSSi. The molecule has 4 aromatic rings. The van der Waals surface area contributed by atoms with Crippen molar-refractivity contribution in [2.75, 3.05) is 12.9 Å². The summed E-state index contributed by atoms with van der Waals surface area (Å²) in [6, 6.07) is 21.5. The molecule has 7 heteroatoms. The van der Waals surface area contributed by atoms with Gasteiger partial charge >= 0.3 is 0 Å². The van der Waals surface area contributed by atoms with E-state index in [1.54, 1.807) is 18.1 Å². The summed E-state index contributed by atoms with van der Waals surface area (Å²) in [6.07, 6.45) is 6.21. The number of hydrogen-bond acceptors (Lipinski definition) is 5. The molecule has 0 amide bonds. The molecule has 0 saturated carbocycles. The Balaban J connectivity index is 1.69. The molecule has 0 aliphatic carbocycles. The van der Waals surface area contributed by atoms with E-state index in [1.807, 2.05) is 17.0 Å². The van der Waals surface area contributed by atoms with Crippen LogP contribution in [0.3, 0.4) is 0 Å². The second kappa shape index (κ2) is 8.94. The monoisotopic (exact) mass is 448 g/mol. The van der Waals surface area contributed by atoms with E-state index < -0.39 is 8.32 Å². The average molecular weight is 449 g/mol. The van der Waals surface area contributed by atoms with Crippen LogP contribution in [0, 0.1) is 0 Å². The lowest BCUT2D eigenvalue weighted by atomic mass is 10.2. The van der Waals surface area contributed by atoms with Crippen LogP contribution in [-0.4, -0.2) is 40.8 Å². The number of benzene rings is 2. The summed E-state index contributed by atoms with van der Waals surface area (Å²) in [5.74, 6) is 0. The zero-order chi connectivity index (χ0) is 21.9. The molecule has 0 N–H and O–H groups in total. The molecular weight excluding hydrogens is 420 g/mol. The minimum absolute atomic E-state index is 0.0383. The third-order valence-electron chi connectivity index (χ3n) is 5.63. The maximum atomic E-state index is 6.99. The molecule has 4 rings (SSSR count). The first kappa shape index (κ1) is 21.7. The van der Waals surface area contributed by atoms with Gasteiger partial charge in [0.1, 0.15) is 11.4 Å². The van der Waals surface area contributed by atoms with Crippen LogP contribution in [0.5, 0.6) is 0 Å². The van der Waals surface area contributed by atoms with Crippen molar-refractivity contribution in [1.82, 2.24) is 19.6 Å². The molecule has 2 heterocycles. The summed E-state index contributed by atoms with van der Waals surface area (Å²) in [6.45, 7) is 7.49. The van der Waals surface area contributed by atoms with Crippen LogP contribution in [0.4, 0.5) is 0 Å². The van der Waals surface area contributed by atoms with Crippen molar-refractivity contribution in [2.24, 2.45) is 0 Å². The van der Waals surface area contributed by atoms with Crippen molar-refractivity contribution < 1.29 is 4.43 Å². The van der Waals surface area contributed by atoms with E-state index in [9.17, 15) is 0 Å². The fourth-order valence-electron chi connectivity index (χ4n) is 4.23. The molecule has 0 atom stereocenters. The zero-order valence-electron chi connectivity index (χ0n) is 18.4. The van der Waals surface area contributed by atoms with E-state index in [0.29, 0.717) is 6.61 Å². The number of nitrogens with zero attached hydrogens (tertiary/aromatic N) is 4. The zero-order valence-corrected chi connectivity index (χ0v) is 20.3. The molecule has 0 unspecified atom stereocenters. The number of imidazole rings is 1. The fraction of sp³-hybridized carbons (Fsp3) is 0.292. The molecule has 0 aliphatic heterocycles. The van der Waals surface area contributed by atoms with Crippen LogP contribution < -0.4 is 10.4 Å². The van der Waals surface area contributed by atoms with Gasteiger partial charge in [-0.15, -0.1) is 11.8 Å². The summed E-state index contributed by atoms with van der Waals surface area (Å²) in [7, 11) is -2.53. The molecule has 2 aromatic carbocycles. The topological polar surface area (TPSA) is 52.3 Å². The molecule has 0 saturated heterocycles. The lowest BCUT2D eigenvalue weighted by Gasteiger charge is -2.43. The Labute approximate surface area is 189 Å². The average Bonchev–Trinajstić information content (AvgIpc) is 3.20. The Morgan fingerprint density at radius 1 is 0.935 bits per heavy atom. The SMILES string of the molecule is CSc1ncnn2c(CCO[Si](c3ccccc3)(c3ccccc3)C(C)(C)C)cnc12. The number of fused-ring (bicyclic) bond motifs is 1. The van der Waals surface area contributed by atoms with Crippen molar-refractivity contribution >= 4 is 36.1 Å². The van der Waals surface area contributed by atoms with Gasteiger partial charge in [-0.25, -0.2) is 14.5 Å². The standard InChI is InChI=1S/C24H28N4OSSi/c1-24(2,3)31(20-11-7-5-8-12-20,21-13-9-6-10-14-21)29-16-15-19-17-25-22-23(30-4)26-18-27-28(19)22/h5-14,17-18H,15-16H2,1-4H3. The highest BCUT2D eigenvalue weighted by molar-refractivity contribution is 7.98. The molecule has 5 nitrogen and oxygen atoms in total. The van der Waals surface area contributed by atoms with E-state index in [4.69, 9.17) is 4.43 Å². The van der Waals surface area contributed by atoms with Crippen molar-refractivity contribution in [1.29, 1.82) is 0 Å². The first-order chi connectivity index (χ1) is 15.0. The summed E-state index contributed by atoms with van der Waals surface area (Å²) >= 11 is 1.58. The van der Waals surface area contributed by atoms with Gasteiger partial charge in [0.05, 0.1) is 11.9 Å². The van der Waals surface area contributed by atoms with Gasteiger partial charge in [-0.1, -0.05) is 81.4 Å². The smallest absolute Gasteiger partial charge is 0.261 e. The highest BCUT2D eigenvalue weighted by Gasteiger charge is 2.50. The van der Waals surface area contributed by atoms with Crippen molar-refractivity contribution in [3.8, 4) is 0 Å². The number of rotatable bonds is 7. The van der Waals surface area contributed by atoms with Gasteiger partial charge < -0.3 is 4.43 Å². The van der Waals surface area contributed by atoms with Crippen LogP contribution in [-0.2, 0) is 10.8 Å². The predicted molar refractivity (Wildman–Crippen MR) is 130 cm³/mol. The molecule has 0 radical (unpaired) electrons. The lowest BCUT2D eigenvalue weighted by Crippen LogP contribution is -2.66. The second-order valence-corrected chi connectivity index (χ2v) is 13.6. The lowest BCUT2D eigenvalue weighted by molar-refractivity contribution is 0.300. The Bertz CT molecular complexity index is 1100. The largest absolute Gasteiger partial charge is 0.407 e. The van der Waals surface area contributed by atoms with Gasteiger partial charge in [0.2, 0.25) is 0 Å². The third-order valence-corrected chi connectivity index (χ3v) is 11.3. The van der Waals surface area contributed by atoms with Crippen LogP contribution in [0.25, 0.3) is 5.65 Å². The van der Waals surface area contributed by atoms with E-state index in [1.165, 1.54) is 10.4 Å². The molecule has 0 spiro atoms. The van der Waals surface area contributed by atoms with E-state index in [-0.39, 0.29) is 5.04 Å². The normalized spacial score (nSPS) is 12.4. The van der Waals surface area contributed by atoms with Crippen molar-refractivity contribution in [3.63, 3.8) is 0 Å². The molecule has 160 valence electrons. The van der Waals surface area contributed by atoms with Crippen molar-refractivity contribution in [3.05, 3.63) is 78.9 Å². The van der Waals surface area contributed by atoms with Gasteiger partial charge in [-0.05, 0) is 21.7 Å². The molecule has 0 aliphatic rings. The molecule has 0 fully saturated rings. The Morgan fingerprint density at radius 2 is 1.55 bits per heavy atom. The number of hydrogen-bond donors (Lipinski definition) is 0. The maximum absolute atomic E-state index is 6.99.